The molecule has 192 valence electrons. The first-order valence-corrected chi connectivity index (χ1v) is 13.7. The van der Waals surface area contributed by atoms with Crippen molar-refractivity contribution in [2.75, 3.05) is 46.8 Å². The van der Waals surface area contributed by atoms with Gasteiger partial charge in [0.25, 0.3) is 5.91 Å². The van der Waals surface area contributed by atoms with Gasteiger partial charge in [0, 0.05) is 23.5 Å². The number of nitrogens with one attached hydrogen (secondary N) is 1. The molecule has 11 nitrogen and oxygen atoms in total. The smallest absolute Gasteiger partial charge is 0.255 e. The van der Waals surface area contributed by atoms with Crippen molar-refractivity contribution in [3.05, 3.63) is 47.9 Å². The summed E-state index contributed by atoms with van der Waals surface area (Å²) < 4.78 is 49.5. The minimum Gasteiger partial charge on any atom is -0.493 e. The molecule has 2 heterocycles. The number of carbonyl (C=O) groups is 1. The Kier molecular flexibility index (Phi) is 8.14. The Hall–Kier alpha value is -3.13. The number of amides is 1. The number of nitrogens with zero attached hydrogens (tertiary/aromatic N) is 3. The lowest BCUT2D eigenvalue weighted by Crippen LogP contribution is -2.41. The van der Waals surface area contributed by atoms with E-state index in [1.807, 2.05) is 6.26 Å². The molecule has 1 aromatic heterocycles. The minimum atomic E-state index is -3.96. The third-order valence-corrected chi connectivity index (χ3v) is 7.73. The zero-order chi connectivity index (χ0) is 25.7. The summed E-state index contributed by atoms with van der Waals surface area (Å²) in [6.07, 6.45) is 1.84. The number of ether oxygens (including phenoxy) is 3. The molecule has 0 bridgehead atoms. The molecule has 1 aliphatic heterocycles. The zero-order valence-corrected chi connectivity index (χ0v) is 21.6. The average Bonchev–Trinajstić information content (AvgIpc) is 3.40. The molecule has 1 saturated heterocycles. The summed E-state index contributed by atoms with van der Waals surface area (Å²) in [5.74, 6) is 1.17. The highest BCUT2D eigenvalue weighted by molar-refractivity contribution is 7.98. The van der Waals surface area contributed by atoms with Crippen LogP contribution in [0.1, 0.15) is 16.2 Å². The van der Waals surface area contributed by atoms with Gasteiger partial charge >= 0.3 is 0 Å². The molecule has 36 heavy (non-hydrogen) atoms. The molecule has 0 radical (unpaired) electrons. The second-order valence-corrected chi connectivity index (χ2v) is 10.3. The molecule has 2 aromatic carbocycles. The number of rotatable bonds is 9. The van der Waals surface area contributed by atoms with E-state index in [0.717, 1.165) is 0 Å². The number of morpholine rings is 1. The van der Waals surface area contributed by atoms with Crippen molar-refractivity contribution in [3.63, 3.8) is 0 Å². The molecule has 0 unspecified atom stereocenters. The molecule has 0 aliphatic carbocycles. The van der Waals surface area contributed by atoms with Crippen LogP contribution in [0.5, 0.6) is 11.5 Å². The van der Waals surface area contributed by atoms with Crippen molar-refractivity contribution in [2.24, 2.45) is 0 Å². The summed E-state index contributed by atoms with van der Waals surface area (Å²) in [4.78, 5) is 19.6. The van der Waals surface area contributed by atoms with Crippen LogP contribution in [0, 0.1) is 0 Å². The van der Waals surface area contributed by atoms with E-state index in [-0.39, 0.29) is 29.1 Å². The molecule has 0 spiro atoms. The van der Waals surface area contributed by atoms with Crippen LogP contribution in [-0.4, -0.2) is 76.1 Å². The van der Waals surface area contributed by atoms with Crippen LogP contribution < -0.4 is 14.2 Å². The van der Waals surface area contributed by atoms with Gasteiger partial charge in [-0.25, -0.2) is 13.1 Å². The molecule has 0 atom stereocenters. The fraction of sp³-hybridized carbons (Fsp3) is 0.348. The predicted octanol–water partition coefficient (Wildman–Crippen LogP) is 2.43. The number of carbonyl (C=O) groups excluding carboxylic acids is 1. The van der Waals surface area contributed by atoms with Gasteiger partial charge in [-0.05, 0) is 42.7 Å². The fourth-order valence-corrected chi connectivity index (χ4v) is 5.19. The Morgan fingerprint density at radius 2 is 1.86 bits per heavy atom. The van der Waals surface area contributed by atoms with E-state index in [4.69, 9.17) is 18.7 Å². The SMILES string of the molecule is COc1ccc(-c2noc(CNS(=O)(=O)c3ccc(SC)c(C(=O)N4CCOCC4)c3)n2)cc1OC. The van der Waals surface area contributed by atoms with Gasteiger partial charge in [-0.1, -0.05) is 5.16 Å². The standard InChI is InChI=1S/C23H26N4O7S2/c1-31-18-6-4-15(12-19(18)32-2)22-25-21(34-26-22)14-24-36(29,30)16-5-7-20(35-3)17(13-16)23(28)27-8-10-33-11-9-27/h4-7,12-13,24H,8-11,14H2,1-3H3. The molecule has 13 heteroatoms. The Balaban J connectivity index is 1.50. The van der Waals surface area contributed by atoms with Gasteiger partial charge in [0.2, 0.25) is 21.7 Å². The van der Waals surface area contributed by atoms with Crippen molar-refractivity contribution in [2.45, 2.75) is 16.3 Å². The first-order chi connectivity index (χ1) is 17.4. The average molecular weight is 535 g/mol. The molecule has 0 saturated carbocycles. The summed E-state index contributed by atoms with van der Waals surface area (Å²) in [6, 6.07) is 9.64. The van der Waals surface area contributed by atoms with Crippen molar-refractivity contribution in [1.29, 1.82) is 0 Å². The summed E-state index contributed by atoms with van der Waals surface area (Å²) >= 11 is 1.38. The first-order valence-electron chi connectivity index (χ1n) is 11.0. The molecular formula is C23H26N4O7S2. The van der Waals surface area contributed by atoms with Gasteiger partial charge in [0.15, 0.2) is 11.5 Å². The highest BCUT2D eigenvalue weighted by Gasteiger charge is 2.24. The van der Waals surface area contributed by atoms with Crippen LogP contribution in [0.3, 0.4) is 0 Å². The van der Waals surface area contributed by atoms with Crippen molar-refractivity contribution < 1.29 is 31.9 Å². The highest BCUT2D eigenvalue weighted by Crippen LogP contribution is 2.31. The lowest BCUT2D eigenvalue weighted by molar-refractivity contribution is 0.0300. The predicted molar refractivity (Wildman–Crippen MR) is 132 cm³/mol. The molecule has 3 aromatic rings. The van der Waals surface area contributed by atoms with E-state index in [1.165, 1.54) is 38.1 Å². The van der Waals surface area contributed by atoms with Crippen molar-refractivity contribution in [3.8, 4) is 22.9 Å². The minimum absolute atomic E-state index is 0.0310. The number of sulfonamides is 1. The van der Waals surface area contributed by atoms with E-state index in [9.17, 15) is 13.2 Å². The summed E-state index contributed by atoms with van der Waals surface area (Å²) in [5.41, 5.74) is 0.949. The van der Waals surface area contributed by atoms with E-state index < -0.39 is 10.0 Å². The van der Waals surface area contributed by atoms with E-state index >= 15 is 0 Å². The van der Waals surface area contributed by atoms with Crippen LogP contribution in [0.4, 0.5) is 0 Å². The van der Waals surface area contributed by atoms with E-state index in [2.05, 4.69) is 14.9 Å². The van der Waals surface area contributed by atoms with Gasteiger partial charge < -0.3 is 23.6 Å². The lowest BCUT2D eigenvalue weighted by Gasteiger charge is -2.27. The van der Waals surface area contributed by atoms with Gasteiger partial charge in [0.05, 0.1) is 44.4 Å². The topological polar surface area (TPSA) is 133 Å². The second-order valence-electron chi connectivity index (χ2n) is 7.67. The number of thioether (sulfide) groups is 1. The fourth-order valence-electron chi connectivity index (χ4n) is 3.62. The number of hydrogen-bond donors (Lipinski definition) is 1. The molecule has 1 aliphatic rings. The third-order valence-electron chi connectivity index (χ3n) is 5.53. The highest BCUT2D eigenvalue weighted by atomic mass is 32.2. The normalized spacial score (nSPS) is 14.0. The molecule has 1 amide bonds. The monoisotopic (exact) mass is 534 g/mol. The first kappa shape index (κ1) is 25.9. The van der Waals surface area contributed by atoms with Crippen LogP contribution in [0.2, 0.25) is 0 Å². The van der Waals surface area contributed by atoms with Crippen LogP contribution in [0.25, 0.3) is 11.4 Å². The van der Waals surface area contributed by atoms with Crippen molar-refractivity contribution >= 4 is 27.7 Å². The number of methoxy groups -OCH3 is 2. The van der Waals surface area contributed by atoms with E-state index in [0.29, 0.717) is 53.8 Å². The Morgan fingerprint density at radius 3 is 2.56 bits per heavy atom. The van der Waals surface area contributed by atoms with Gasteiger partial charge in [-0.15, -0.1) is 11.8 Å². The quantitative estimate of drug-likeness (QED) is 0.408. The Labute approximate surface area is 213 Å². The molecule has 1 N–H and O–H groups in total. The van der Waals surface area contributed by atoms with E-state index in [1.54, 1.807) is 29.2 Å². The van der Waals surface area contributed by atoms with Crippen LogP contribution in [-0.2, 0) is 21.3 Å². The number of hydrogen-bond acceptors (Lipinski definition) is 10. The maximum absolute atomic E-state index is 13.1. The Bertz CT molecular complexity index is 1340. The lowest BCUT2D eigenvalue weighted by atomic mass is 10.2. The largest absolute Gasteiger partial charge is 0.493 e. The summed E-state index contributed by atoms with van der Waals surface area (Å²) in [7, 11) is -0.913. The maximum Gasteiger partial charge on any atom is 0.255 e. The van der Waals surface area contributed by atoms with Crippen molar-refractivity contribution in [1.82, 2.24) is 19.8 Å². The Morgan fingerprint density at radius 1 is 1.11 bits per heavy atom. The maximum atomic E-state index is 13.1. The van der Waals surface area contributed by atoms with Gasteiger partial charge in [-0.2, -0.15) is 4.98 Å². The summed E-state index contributed by atoms with van der Waals surface area (Å²) in [6.45, 7) is 1.60. The molecule has 1 fully saturated rings. The number of benzene rings is 2. The zero-order valence-electron chi connectivity index (χ0n) is 20.0. The van der Waals surface area contributed by atoms with Crippen LogP contribution in [0.15, 0.2) is 50.7 Å². The molecular weight excluding hydrogens is 508 g/mol. The number of aromatic nitrogens is 2. The van der Waals surface area contributed by atoms with Crippen LogP contribution >= 0.6 is 11.8 Å². The third kappa shape index (κ3) is 5.64. The summed E-state index contributed by atoms with van der Waals surface area (Å²) in [5, 5.41) is 3.92. The van der Waals surface area contributed by atoms with Gasteiger partial charge in [0.1, 0.15) is 0 Å². The van der Waals surface area contributed by atoms with Gasteiger partial charge in [-0.3, -0.25) is 4.79 Å². The molecule has 4 rings (SSSR count). The second kappa shape index (κ2) is 11.3.